The third-order valence-electron chi connectivity index (χ3n) is 6.00. The molecule has 0 radical (unpaired) electrons. The van der Waals surface area contributed by atoms with E-state index in [-0.39, 0.29) is 0 Å². The van der Waals surface area contributed by atoms with Crippen molar-refractivity contribution in [2.75, 3.05) is 7.11 Å². The molecule has 0 fully saturated rings. The van der Waals surface area contributed by atoms with Gasteiger partial charge in [0.1, 0.15) is 6.61 Å². The molecule has 0 bridgehead atoms. The van der Waals surface area contributed by atoms with E-state index in [4.69, 9.17) is 9.47 Å². The molecule has 0 saturated carbocycles. The van der Waals surface area contributed by atoms with Crippen molar-refractivity contribution in [2.24, 2.45) is 0 Å². The first-order valence-corrected chi connectivity index (χ1v) is 12.0. The van der Waals surface area contributed by atoms with Crippen molar-refractivity contribution >= 4 is 49.1 Å². The first-order valence-electron chi connectivity index (χ1n) is 11.2. The molecule has 0 atom stereocenters. The number of benzene rings is 5. The number of allylic oxidation sites excluding steroid dienone is 1. The van der Waals surface area contributed by atoms with Gasteiger partial charge < -0.3 is 9.47 Å². The van der Waals surface area contributed by atoms with Gasteiger partial charge in [0.25, 0.3) is 0 Å². The van der Waals surface area contributed by atoms with Crippen LogP contribution in [0.5, 0.6) is 11.5 Å². The van der Waals surface area contributed by atoms with Crippen LogP contribution in [0.25, 0.3) is 33.2 Å². The Labute approximate surface area is 213 Å². The lowest BCUT2D eigenvalue weighted by atomic mass is 10.00. The van der Waals surface area contributed by atoms with Gasteiger partial charge in [-0.1, -0.05) is 78.9 Å². The largest absolute Gasteiger partial charge is 0.493 e. The van der Waals surface area contributed by atoms with Gasteiger partial charge in [-0.2, -0.15) is 5.26 Å². The Kier molecular flexibility index (Phi) is 6.52. The van der Waals surface area contributed by atoms with Crippen molar-refractivity contribution in [3.05, 3.63) is 118 Å². The van der Waals surface area contributed by atoms with Crippen LogP contribution in [-0.4, -0.2) is 7.11 Å². The van der Waals surface area contributed by atoms with Crippen LogP contribution in [0.15, 0.2) is 102 Å². The van der Waals surface area contributed by atoms with Crippen LogP contribution in [0.4, 0.5) is 0 Å². The summed E-state index contributed by atoms with van der Waals surface area (Å²) in [5, 5.41) is 14.5. The number of nitrogens with zero attached hydrogens (tertiary/aromatic N) is 1. The predicted molar refractivity (Wildman–Crippen MR) is 146 cm³/mol. The van der Waals surface area contributed by atoms with Crippen LogP contribution >= 0.6 is 15.9 Å². The fourth-order valence-electron chi connectivity index (χ4n) is 4.24. The number of rotatable bonds is 6. The summed E-state index contributed by atoms with van der Waals surface area (Å²) >= 11 is 3.65. The smallest absolute Gasteiger partial charge is 0.175 e. The third kappa shape index (κ3) is 4.77. The van der Waals surface area contributed by atoms with Gasteiger partial charge in [0.05, 0.1) is 23.2 Å². The molecule has 5 aromatic rings. The predicted octanol–water partition coefficient (Wildman–Crippen LogP) is 8.41. The fraction of sp³-hybridized carbons (Fsp3) is 0.0645. The Hall–Kier alpha value is -4.07. The van der Waals surface area contributed by atoms with E-state index >= 15 is 0 Å². The highest BCUT2D eigenvalue weighted by Gasteiger charge is 2.13. The molecule has 0 aliphatic rings. The van der Waals surface area contributed by atoms with Gasteiger partial charge in [-0.05, 0) is 78.4 Å². The molecule has 0 unspecified atom stereocenters. The Morgan fingerprint density at radius 2 is 1.60 bits per heavy atom. The van der Waals surface area contributed by atoms with E-state index in [1.54, 1.807) is 7.11 Å². The molecule has 170 valence electrons. The SMILES string of the molecule is COc1cc(/C=C(\C#N)c2ccc3ccccc3c2)cc(Br)c1OCc1cccc2ccccc12. The number of hydrogen-bond donors (Lipinski definition) is 0. The van der Waals surface area contributed by atoms with Crippen molar-refractivity contribution in [1.29, 1.82) is 5.26 Å². The number of nitriles is 1. The molecule has 0 saturated heterocycles. The van der Waals surface area contributed by atoms with Crippen molar-refractivity contribution in [3.8, 4) is 17.6 Å². The highest BCUT2D eigenvalue weighted by Crippen LogP contribution is 2.38. The summed E-state index contributed by atoms with van der Waals surface area (Å²) in [5.74, 6) is 1.23. The van der Waals surface area contributed by atoms with Crippen LogP contribution in [0.2, 0.25) is 0 Å². The number of halogens is 1. The molecule has 0 aliphatic heterocycles. The van der Waals surface area contributed by atoms with E-state index in [1.807, 2.05) is 66.7 Å². The standard InChI is InChI=1S/C31H22BrNO2/c1-34-30-17-21(15-27(19-33)25-14-13-22-7-2-3-9-24(22)18-25)16-29(32)31(30)35-20-26-11-6-10-23-8-4-5-12-28(23)26/h2-18H,20H2,1H3/b27-15+. The van der Waals surface area contributed by atoms with Crippen molar-refractivity contribution in [2.45, 2.75) is 6.61 Å². The minimum atomic E-state index is 0.409. The molecule has 0 aromatic heterocycles. The van der Waals surface area contributed by atoms with E-state index < -0.39 is 0 Å². The first kappa shape index (κ1) is 22.7. The molecule has 0 amide bonds. The average molecular weight is 520 g/mol. The number of methoxy groups -OCH3 is 1. The van der Waals surface area contributed by atoms with E-state index in [1.165, 1.54) is 10.8 Å². The maximum Gasteiger partial charge on any atom is 0.175 e. The van der Waals surface area contributed by atoms with E-state index in [0.717, 1.165) is 31.9 Å². The monoisotopic (exact) mass is 519 g/mol. The molecule has 35 heavy (non-hydrogen) atoms. The highest BCUT2D eigenvalue weighted by atomic mass is 79.9. The van der Waals surface area contributed by atoms with Crippen LogP contribution in [0.1, 0.15) is 16.7 Å². The molecular weight excluding hydrogens is 498 g/mol. The Balaban J connectivity index is 1.45. The van der Waals surface area contributed by atoms with Crippen LogP contribution in [0, 0.1) is 11.3 Å². The summed E-state index contributed by atoms with van der Waals surface area (Å²) < 4.78 is 12.6. The summed E-state index contributed by atoms with van der Waals surface area (Å²) in [6.07, 6.45) is 1.87. The second-order valence-electron chi connectivity index (χ2n) is 8.19. The van der Waals surface area contributed by atoms with E-state index in [0.29, 0.717) is 23.7 Å². The van der Waals surface area contributed by atoms with Gasteiger partial charge in [-0.15, -0.1) is 0 Å². The van der Waals surface area contributed by atoms with Gasteiger partial charge in [0.2, 0.25) is 0 Å². The Morgan fingerprint density at radius 1 is 0.857 bits per heavy atom. The molecule has 5 rings (SSSR count). The van der Waals surface area contributed by atoms with Crippen molar-refractivity contribution in [1.82, 2.24) is 0 Å². The molecule has 0 spiro atoms. The summed E-state index contributed by atoms with van der Waals surface area (Å²) in [6, 6.07) is 34.8. The second kappa shape index (κ2) is 10.0. The summed E-state index contributed by atoms with van der Waals surface area (Å²) in [7, 11) is 1.62. The quantitative estimate of drug-likeness (QED) is 0.167. The normalized spacial score (nSPS) is 11.4. The van der Waals surface area contributed by atoms with Gasteiger partial charge in [0, 0.05) is 0 Å². The van der Waals surface area contributed by atoms with Gasteiger partial charge >= 0.3 is 0 Å². The average Bonchev–Trinajstić information content (AvgIpc) is 2.90. The second-order valence-corrected chi connectivity index (χ2v) is 9.05. The topological polar surface area (TPSA) is 42.2 Å². The number of ether oxygens (including phenoxy) is 2. The van der Waals surface area contributed by atoms with Crippen molar-refractivity contribution in [3.63, 3.8) is 0 Å². The van der Waals surface area contributed by atoms with Gasteiger partial charge in [-0.25, -0.2) is 0 Å². The van der Waals surface area contributed by atoms with Gasteiger partial charge in [-0.3, -0.25) is 0 Å². The molecular formula is C31H22BrNO2. The lowest BCUT2D eigenvalue weighted by molar-refractivity contribution is 0.283. The molecule has 0 N–H and O–H groups in total. The van der Waals surface area contributed by atoms with Crippen LogP contribution < -0.4 is 9.47 Å². The Morgan fingerprint density at radius 3 is 2.40 bits per heavy atom. The van der Waals surface area contributed by atoms with Crippen LogP contribution in [0.3, 0.4) is 0 Å². The summed E-state index contributed by atoms with van der Waals surface area (Å²) in [6.45, 7) is 0.409. The maximum atomic E-state index is 9.87. The van der Waals surface area contributed by atoms with Gasteiger partial charge in [0.15, 0.2) is 11.5 Å². The number of hydrogen-bond acceptors (Lipinski definition) is 3. The third-order valence-corrected chi connectivity index (χ3v) is 6.58. The lowest BCUT2D eigenvalue weighted by Gasteiger charge is -2.15. The van der Waals surface area contributed by atoms with Crippen LogP contribution in [-0.2, 0) is 6.61 Å². The zero-order valence-corrected chi connectivity index (χ0v) is 20.7. The molecule has 0 aliphatic carbocycles. The molecule has 4 heteroatoms. The fourth-order valence-corrected chi connectivity index (χ4v) is 4.81. The molecule has 3 nitrogen and oxygen atoms in total. The maximum absolute atomic E-state index is 9.87. The lowest BCUT2D eigenvalue weighted by Crippen LogP contribution is -2.00. The van der Waals surface area contributed by atoms with E-state index in [2.05, 4.69) is 58.4 Å². The highest BCUT2D eigenvalue weighted by molar-refractivity contribution is 9.10. The zero-order chi connectivity index (χ0) is 24.2. The minimum absolute atomic E-state index is 0.409. The summed E-state index contributed by atoms with van der Waals surface area (Å²) in [4.78, 5) is 0. The number of fused-ring (bicyclic) bond motifs is 2. The van der Waals surface area contributed by atoms with Crippen molar-refractivity contribution < 1.29 is 9.47 Å². The summed E-state index contributed by atoms with van der Waals surface area (Å²) in [5.41, 5.74) is 3.40. The van der Waals surface area contributed by atoms with E-state index in [9.17, 15) is 5.26 Å². The molecule has 5 aromatic carbocycles. The molecule has 0 heterocycles. The first-order chi connectivity index (χ1) is 17.2. The Bertz CT molecular complexity index is 1610. The minimum Gasteiger partial charge on any atom is -0.493 e. The zero-order valence-electron chi connectivity index (χ0n) is 19.2.